The van der Waals surface area contributed by atoms with Gasteiger partial charge in [0.1, 0.15) is 23.0 Å². The second-order valence-electron chi connectivity index (χ2n) is 6.11. The summed E-state index contributed by atoms with van der Waals surface area (Å²) in [7, 11) is 0. The van der Waals surface area contributed by atoms with E-state index in [0.29, 0.717) is 34.4 Å². The third kappa shape index (κ3) is 4.43. The molecule has 0 aliphatic rings. The average molecular weight is 369 g/mol. The number of anilines is 1. The van der Waals surface area contributed by atoms with Gasteiger partial charge in [-0.3, -0.25) is 0 Å². The average Bonchev–Trinajstić information content (AvgIpc) is 2.71. The predicted octanol–water partition coefficient (Wildman–Crippen LogP) is 6.65. The lowest BCUT2D eigenvalue weighted by Gasteiger charge is -2.13. The van der Waals surface area contributed by atoms with E-state index in [9.17, 15) is 0 Å². The summed E-state index contributed by atoms with van der Waals surface area (Å²) in [6, 6.07) is 31.9. The zero-order chi connectivity index (χ0) is 19.2. The minimum atomic E-state index is 0.599. The molecule has 4 aromatic rings. The van der Waals surface area contributed by atoms with Crippen LogP contribution in [0, 0.1) is 0 Å². The summed E-state index contributed by atoms with van der Waals surface area (Å²) in [5.74, 6) is 3.96. The summed E-state index contributed by atoms with van der Waals surface area (Å²) in [4.78, 5) is 0. The summed E-state index contributed by atoms with van der Waals surface area (Å²) >= 11 is 0. The third-order valence-electron chi connectivity index (χ3n) is 3.95. The largest absolute Gasteiger partial charge is 0.457 e. The smallest absolute Gasteiger partial charge is 0.169 e. The van der Waals surface area contributed by atoms with Crippen molar-refractivity contribution in [2.24, 2.45) is 0 Å². The lowest BCUT2D eigenvalue weighted by Crippen LogP contribution is -1.92. The number of hydrogen-bond acceptors (Lipinski definition) is 4. The highest BCUT2D eigenvalue weighted by molar-refractivity contribution is 5.49. The van der Waals surface area contributed by atoms with Crippen molar-refractivity contribution in [2.45, 2.75) is 0 Å². The Balaban J connectivity index is 1.54. The van der Waals surface area contributed by atoms with Crippen molar-refractivity contribution >= 4 is 5.69 Å². The number of nitrogen functional groups attached to an aromatic ring is 1. The second-order valence-corrected chi connectivity index (χ2v) is 6.11. The Morgan fingerprint density at radius 3 is 1.57 bits per heavy atom. The fourth-order valence-electron chi connectivity index (χ4n) is 2.68. The van der Waals surface area contributed by atoms with Gasteiger partial charge >= 0.3 is 0 Å². The van der Waals surface area contributed by atoms with Crippen LogP contribution in [0.2, 0.25) is 0 Å². The van der Waals surface area contributed by atoms with Gasteiger partial charge in [0.2, 0.25) is 0 Å². The Hall–Kier alpha value is -3.92. The van der Waals surface area contributed by atoms with Gasteiger partial charge in [-0.15, -0.1) is 0 Å². The van der Waals surface area contributed by atoms with Gasteiger partial charge in [-0.2, -0.15) is 0 Å². The van der Waals surface area contributed by atoms with Crippen molar-refractivity contribution in [3.05, 3.63) is 103 Å². The molecule has 0 unspecified atom stereocenters. The zero-order valence-electron chi connectivity index (χ0n) is 15.1. The molecule has 4 aromatic carbocycles. The first-order valence-electron chi connectivity index (χ1n) is 8.89. The number of nitrogens with two attached hydrogens (primary N) is 1. The molecular weight excluding hydrogens is 350 g/mol. The highest BCUT2D eigenvalue weighted by Gasteiger charge is 2.08. The monoisotopic (exact) mass is 369 g/mol. The first kappa shape index (κ1) is 17.5. The van der Waals surface area contributed by atoms with Crippen molar-refractivity contribution in [3.63, 3.8) is 0 Å². The molecule has 138 valence electrons. The summed E-state index contributed by atoms with van der Waals surface area (Å²) in [6.45, 7) is 0. The van der Waals surface area contributed by atoms with Crippen LogP contribution in [0.3, 0.4) is 0 Å². The van der Waals surface area contributed by atoms with Gasteiger partial charge < -0.3 is 19.9 Å². The van der Waals surface area contributed by atoms with E-state index in [-0.39, 0.29) is 0 Å². The Bertz CT molecular complexity index is 1060. The van der Waals surface area contributed by atoms with Gasteiger partial charge in [0.15, 0.2) is 11.5 Å². The molecule has 0 atom stereocenters. The van der Waals surface area contributed by atoms with Crippen LogP contribution in [-0.4, -0.2) is 0 Å². The fourth-order valence-corrected chi connectivity index (χ4v) is 2.68. The van der Waals surface area contributed by atoms with Crippen LogP contribution in [0.1, 0.15) is 0 Å². The third-order valence-corrected chi connectivity index (χ3v) is 3.95. The van der Waals surface area contributed by atoms with E-state index in [0.717, 1.165) is 5.75 Å². The molecule has 4 nitrogen and oxygen atoms in total. The molecule has 0 amide bonds. The quantitative estimate of drug-likeness (QED) is 0.387. The van der Waals surface area contributed by atoms with E-state index < -0.39 is 0 Å². The number of hydrogen-bond donors (Lipinski definition) is 1. The number of benzene rings is 4. The van der Waals surface area contributed by atoms with E-state index >= 15 is 0 Å². The standard InChI is InChI=1S/C24H19NO3/c25-18-8-6-11-20(16-18)27-23-14-4-5-15-24(23)28-22-13-7-12-21(17-22)26-19-9-2-1-3-10-19/h1-17H,25H2. The zero-order valence-corrected chi connectivity index (χ0v) is 15.1. The van der Waals surface area contributed by atoms with Gasteiger partial charge in [0, 0.05) is 17.8 Å². The number of ether oxygens (including phenoxy) is 3. The lowest BCUT2D eigenvalue weighted by atomic mass is 10.3. The molecule has 0 bridgehead atoms. The van der Waals surface area contributed by atoms with Crippen LogP contribution in [0.4, 0.5) is 5.69 Å². The second kappa shape index (κ2) is 8.18. The van der Waals surface area contributed by atoms with Crippen LogP contribution in [0.25, 0.3) is 0 Å². The van der Waals surface area contributed by atoms with Gasteiger partial charge in [-0.05, 0) is 48.5 Å². The molecule has 4 rings (SSSR count). The summed E-state index contributed by atoms with van der Waals surface area (Å²) in [5, 5.41) is 0. The normalized spacial score (nSPS) is 10.3. The molecule has 0 saturated heterocycles. The van der Waals surface area contributed by atoms with Crippen molar-refractivity contribution in [1.82, 2.24) is 0 Å². The SMILES string of the molecule is Nc1cccc(Oc2ccccc2Oc2cccc(Oc3ccccc3)c2)c1. The van der Waals surface area contributed by atoms with E-state index in [2.05, 4.69) is 0 Å². The van der Waals surface area contributed by atoms with E-state index in [1.54, 1.807) is 6.07 Å². The van der Waals surface area contributed by atoms with Crippen LogP contribution in [-0.2, 0) is 0 Å². The minimum Gasteiger partial charge on any atom is -0.457 e. The molecule has 28 heavy (non-hydrogen) atoms. The maximum Gasteiger partial charge on any atom is 0.169 e. The molecular formula is C24H19NO3. The Morgan fingerprint density at radius 1 is 0.429 bits per heavy atom. The molecule has 0 saturated carbocycles. The first-order valence-corrected chi connectivity index (χ1v) is 8.89. The maximum atomic E-state index is 6.05. The molecule has 2 N–H and O–H groups in total. The molecule has 0 aromatic heterocycles. The van der Waals surface area contributed by atoms with Crippen LogP contribution < -0.4 is 19.9 Å². The van der Waals surface area contributed by atoms with Crippen LogP contribution in [0.15, 0.2) is 103 Å². The number of para-hydroxylation sites is 3. The highest BCUT2D eigenvalue weighted by atomic mass is 16.5. The lowest BCUT2D eigenvalue weighted by molar-refractivity contribution is 0.415. The molecule has 0 aliphatic carbocycles. The highest BCUT2D eigenvalue weighted by Crippen LogP contribution is 2.36. The predicted molar refractivity (Wildman–Crippen MR) is 110 cm³/mol. The topological polar surface area (TPSA) is 53.7 Å². The summed E-state index contributed by atoms with van der Waals surface area (Å²) in [6.07, 6.45) is 0. The Kier molecular flexibility index (Phi) is 5.11. The van der Waals surface area contributed by atoms with Crippen molar-refractivity contribution in [3.8, 4) is 34.5 Å². The molecule has 0 aliphatic heterocycles. The van der Waals surface area contributed by atoms with Gasteiger partial charge in [-0.1, -0.05) is 42.5 Å². The molecule has 0 spiro atoms. The van der Waals surface area contributed by atoms with Gasteiger partial charge in [0.05, 0.1) is 0 Å². The molecule has 0 radical (unpaired) electrons. The van der Waals surface area contributed by atoms with Crippen LogP contribution in [0.5, 0.6) is 34.5 Å². The molecule has 4 heteroatoms. The van der Waals surface area contributed by atoms with Crippen molar-refractivity contribution in [1.29, 1.82) is 0 Å². The van der Waals surface area contributed by atoms with E-state index in [1.807, 2.05) is 97.1 Å². The van der Waals surface area contributed by atoms with Crippen molar-refractivity contribution < 1.29 is 14.2 Å². The Labute approximate surface area is 163 Å². The Morgan fingerprint density at radius 2 is 0.929 bits per heavy atom. The maximum absolute atomic E-state index is 6.05. The number of rotatable bonds is 6. The fraction of sp³-hybridized carbons (Fsp3) is 0. The summed E-state index contributed by atoms with van der Waals surface area (Å²) in [5.41, 5.74) is 6.47. The summed E-state index contributed by atoms with van der Waals surface area (Å²) < 4.78 is 17.9. The van der Waals surface area contributed by atoms with Gasteiger partial charge in [0.25, 0.3) is 0 Å². The van der Waals surface area contributed by atoms with E-state index in [1.165, 1.54) is 0 Å². The van der Waals surface area contributed by atoms with Gasteiger partial charge in [-0.25, -0.2) is 0 Å². The van der Waals surface area contributed by atoms with Crippen LogP contribution >= 0.6 is 0 Å². The van der Waals surface area contributed by atoms with E-state index in [4.69, 9.17) is 19.9 Å². The first-order chi connectivity index (χ1) is 13.8. The van der Waals surface area contributed by atoms with Crippen molar-refractivity contribution in [2.75, 3.05) is 5.73 Å². The molecule has 0 heterocycles. The minimum absolute atomic E-state index is 0.599. The molecule has 0 fully saturated rings.